The summed E-state index contributed by atoms with van der Waals surface area (Å²) in [5.41, 5.74) is 1.47. The van der Waals surface area contributed by atoms with Gasteiger partial charge in [0.25, 0.3) is 0 Å². The van der Waals surface area contributed by atoms with Gasteiger partial charge in [-0.25, -0.2) is 11.4 Å². The second-order valence-corrected chi connectivity index (χ2v) is 10.1. The monoisotopic (exact) mass is 457 g/mol. The Kier molecular flexibility index (Phi) is 6.91. The van der Waals surface area contributed by atoms with Gasteiger partial charge >= 0.3 is 12.1 Å². The second-order valence-electron chi connectivity index (χ2n) is 10.1. The fraction of sp³-hybridized carbons (Fsp3) is 0.739. The van der Waals surface area contributed by atoms with E-state index in [9.17, 15) is 4.79 Å². The molecular weight excluding hydrogens is 422 g/mol. The lowest BCUT2D eigenvalue weighted by Crippen LogP contribution is -2.57. The molecule has 0 radical (unpaired) electrons. The third-order valence-corrected chi connectivity index (χ3v) is 6.43. The first kappa shape index (κ1) is 23.5. The Balaban J connectivity index is 1.51. The quantitative estimate of drug-likeness (QED) is 0.671. The molecule has 1 N–H and O–H groups in total. The van der Waals surface area contributed by atoms with Crippen molar-refractivity contribution in [3.8, 4) is 6.01 Å². The molecule has 0 saturated carbocycles. The summed E-state index contributed by atoms with van der Waals surface area (Å²) in [5.74, 6) is 0.846. The van der Waals surface area contributed by atoms with Crippen molar-refractivity contribution >= 4 is 11.9 Å². The number of likely N-dealkylation sites (tertiary alicyclic amines) is 1. The molecule has 4 rings (SSSR count). The molecular formula is C23H35N7O3. The SMILES string of the molecule is [C-]#[N+]CC1CN(c2nc(OCC3CCCN3C)nc3c2CNC3)CCN1C(=O)OC(C)(C)C. The predicted molar refractivity (Wildman–Crippen MR) is 124 cm³/mol. The minimum Gasteiger partial charge on any atom is -0.462 e. The van der Waals surface area contributed by atoms with Crippen LogP contribution in [0.25, 0.3) is 4.85 Å². The molecule has 10 heteroatoms. The zero-order valence-electron chi connectivity index (χ0n) is 20.1. The molecule has 2 atom stereocenters. The molecule has 2 fully saturated rings. The Morgan fingerprint density at radius 1 is 1.21 bits per heavy atom. The molecule has 2 unspecified atom stereocenters. The van der Waals surface area contributed by atoms with Gasteiger partial charge < -0.3 is 29.4 Å². The van der Waals surface area contributed by atoms with E-state index in [0.29, 0.717) is 51.4 Å². The third-order valence-electron chi connectivity index (χ3n) is 6.43. The van der Waals surface area contributed by atoms with E-state index in [1.165, 1.54) is 6.42 Å². The highest BCUT2D eigenvalue weighted by molar-refractivity contribution is 5.69. The molecule has 0 spiro atoms. The molecule has 3 aliphatic heterocycles. The van der Waals surface area contributed by atoms with E-state index in [0.717, 1.165) is 30.0 Å². The van der Waals surface area contributed by atoms with Gasteiger partial charge in [-0.1, -0.05) is 0 Å². The number of rotatable bonds is 5. The van der Waals surface area contributed by atoms with Crippen LogP contribution >= 0.6 is 0 Å². The summed E-state index contributed by atoms with van der Waals surface area (Å²) < 4.78 is 11.6. The molecule has 0 aliphatic carbocycles. The van der Waals surface area contributed by atoms with E-state index in [-0.39, 0.29) is 18.7 Å². The molecule has 1 amide bonds. The van der Waals surface area contributed by atoms with Crippen LogP contribution in [0.1, 0.15) is 44.9 Å². The molecule has 33 heavy (non-hydrogen) atoms. The topological polar surface area (TPSA) is 87.4 Å². The van der Waals surface area contributed by atoms with Crippen LogP contribution in [0.3, 0.4) is 0 Å². The predicted octanol–water partition coefficient (Wildman–Crippen LogP) is 1.90. The largest absolute Gasteiger partial charge is 0.462 e. The summed E-state index contributed by atoms with van der Waals surface area (Å²) in [7, 11) is 2.13. The Labute approximate surface area is 196 Å². The number of fused-ring (bicyclic) bond motifs is 1. The van der Waals surface area contributed by atoms with Crippen LogP contribution in [0.15, 0.2) is 0 Å². The van der Waals surface area contributed by atoms with Crippen molar-refractivity contribution in [2.45, 2.75) is 64.4 Å². The van der Waals surface area contributed by atoms with Crippen LogP contribution in [0.4, 0.5) is 10.6 Å². The van der Waals surface area contributed by atoms with Crippen molar-refractivity contribution in [1.29, 1.82) is 0 Å². The van der Waals surface area contributed by atoms with Crippen LogP contribution in [0, 0.1) is 6.57 Å². The number of anilines is 1. The van der Waals surface area contributed by atoms with Crippen molar-refractivity contribution < 1.29 is 14.3 Å². The second kappa shape index (κ2) is 9.69. The number of hydrogen-bond donors (Lipinski definition) is 1. The summed E-state index contributed by atoms with van der Waals surface area (Å²) in [6.07, 6.45) is 1.95. The lowest BCUT2D eigenvalue weighted by Gasteiger charge is -2.40. The average molecular weight is 458 g/mol. The maximum Gasteiger partial charge on any atom is 0.410 e. The summed E-state index contributed by atoms with van der Waals surface area (Å²) in [4.78, 5) is 32.0. The molecule has 0 bridgehead atoms. The fourth-order valence-electron chi connectivity index (χ4n) is 4.69. The van der Waals surface area contributed by atoms with Gasteiger partial charge in [0.05, 0.1) is 5.69 Å². The van der Waals surface area contributed by atoms with Gasteiger partial charge in [-0.2, -0.15) is 9.97 Å². The van der Waals surface area contributed by atoms with E-state index in [1.54, 1.807) is 4.90 Å². The van der Waals surface area contributed by atoms with Gasteiger partial charge in [0.2, 0.25) is 6.54 Å². The number of carbonyl (C=O) groups excluding carboxylic acids is 1. The fourth-order valence-corrected chi connectivity index (χ4v) is 4.69. The lowest BCUT2D eigenvalue weighted by atomic mass is 10.1. The first-order valence-electron chi connectivity index (χ1n) is 11.8. The maximum absolute atomic E-state index is 12.7. The third kappa shape index (κ3) is 5.47. The summed E-state index contributed by atoms with van der Waals surface area (Å²) in [6.45, 7) is 17.9. The first-order valence-corrected chi connectivity index (χ1v) is 11.8. The highest BCUT2D eigenvalue weighted by Gasteiger charge is 2.37. The summed E-state index contributed by atoms with van der Waals surface area (Å²) in [5, 5.41) is 3.36. The Morgan fingerprint density at radius 2 is 2.03 bits per heavy atom. The van der Waals surface area contributed by atoms with E-state index in [2.05, 4.69) is 32.0 Å². The number of aromatic nitrogens is 2. The number of likely N-dealkylation sites (N-methyl/N-ethyl adjacent to an activating group) is 1. The molecule has 180 valence electrons. The van der Waals surface area contributed by atoms with Gasteiger partial charge in [0, 0.05) is 44.3 Å². The molecule has 10 nitrogen and oxygen atoms in total. The molecule has 4 heterocycles. The van der Waals surface area contributed by atoms with Gasteiger partial charge in [-0.15, -0.1) is 0 Å². The summed E-state index contributed by atoms with van der Waals surface area (Å²) >= 11 is 0. The van der Waals surface area contributed by atoms with E-state index in [4.69, 9.17) is 21.0 Å². The highest BCUT2D eigenvalue weighted by Crippen LogP contribution is 2.29. The molecule has 1 aromatic heterocycles. The standard InChI is InChI=1S/C23H35N7O3/c1-23(2,3)33-22(31)30-10-9-29(14-17(30)11-24-4)20-18-12-25-13-19(18)26-21(27-20)32-15-16-7-6-8-28(16)5/h16-17,25H,6-15H2,1-3,5H3. The smallest absolute Gasteiger partial charge is 0.410 e. The Hall–Kier alpha value is -2.64. The molecule has 0 aromatic carbocycles. The average Bonchev–Trinajstić information content (AvgIpc) is 3.39. The normalized spacial score (nSPS) is 23.4. The van der Waals surface area contributed by atoms with E-state index < -0.39 is 5.60 Å². The number of carbonyl (C=O) groups is 1. The molecule has 3 aliphatic rings. The van der Waals surface area contributed by atoms with Crippen LogP contribution in [0.5, 0.6) is 6.01 Å². The van der Waals surface area contributed by atoms with Gasteiger partial charge in [-0.3, -0.25) is 4.90 Å². The number of nitrogens with one attached hydrogen (secondary N) is 1. The van der Waals surface area contributed by atoms with Crippen molar-refractivity contribution in [2.75, 3.05) is 51.3 Å². The summed E-state index contributed by atoms with van der Waals surface area (Å²) in [6, 6.07) is 0.537. The van der Waals surface area contributed by atoms with Crippen molar-refractivity contribution in [3.63, 3.8) is 0 Å². The van der Waals surface area contributed by atoms with E-state index in [1.807, 2.05) is 20.8 Å². The zero-order valence-corrected chi connectivity index (χ0v) is 20.1. The molecule has 1 aromatic rings. The van der Waals surface area contributed by atoms with Gasteiger partial charge in [0.1, 0.15) is 24.1 Å². The molecule has 2 saturated heterocycles. The van der Waals surface area contributed by atoms with Crippen LogP contribution in [0.2, 0.25) is 0 Å². The minimum atomic E-state index is -0.574. The number of amides is 1. The number of hydrogen-bond acceptors (Lipinski definition) is 8. The zero-order chi connectivity index (χ0) is 23.6. The number of nitrogens with zero attached hydrogens (tertiary/aromatic N) is 6. The van der Waals surface area contributed by atoms with Crippen LogP contribution in [-0.4, -0.2) is 89.9 Å². The van der Waals surface area contributed by atoms with Crippen molar-refractivity contribution in [2.24, 2.45) is 0 Å². The number of ether oxygens (including phenoxy) is 2. The van der Waals surface area contributed by atoms with Gasteiger partial charge in [0.15, 0.2) is 0 Å². The Bertz CT molecular complexity index is 911. The van der Waals surface area contributed by atoms with Crippen molar-refractivity contribution in [3.05, 3.63) is 22.7 Å². The van der Waals surface area contributed by atoms with Crippen LogP contribution < -0.4 is 15.0 Å². The van der Waals surface area contributed by atoms with Crippen LogP contribution in [-0.2, 0) is 17.8 Å². The Morgan fingerprint density at radius 3 is 2.73 bits per heavy atom. The maximum atomic E-state index is 12.7. The lowest BCUT2D eigenvalue weighted by molar-refractivity contribution is 0.0155. The number of piperazine rings is 1. The first-order chi connectivity index (χ1) is 15.7. The highest BCUT2D eigenvalue weighted by atomic mass is 16.6. The van der Waals surface area contributed by atoms with Crippen molar-refractivity contribution in [1.82, 2.24) is 25.1 Å². The van der Waals surface area contributed by atoms with E-state index >= 15 is 0 Å². The minimum absolute atomic E-state index is 0.221. The van der Waals surface area contributed by atoms with Gasteiger partial charge in [-0.05, 0) is 47.2 Å².